The van der Waals surface area contributed by atoms with Crippen molar-refractivity contribution in [3.8, 4) is 5.75 Å². The zero-order valence-corrected chi connectivity index (χ0v) is 12.7. The molecule has 6 rings (SSSR count). The van der Waals surface area contributed by atoms with E-state index in [0.717, 1.165) is 11.3 Å². The quantitative estimate of drug-likeness (QED) is 0.558. The predicted octanol–water partition coefficient (Wildman–Crippen LogP) is 4.95. The van der Waals surface area contributed by atoms with E-state index in [2.05, 4.69) is 83.3 Å². The van der Waals surface area contributed by atoms with Crippen LogP contribution in [0.5, 0.6) is 5.75 Å². The highest BCUT2D eigenvalue weighted by Gasteiger charge is 2.06. The van der Waals surface area contributed by atoms with Crippen LogP contribution >= 0.6 is 22.6 Å². The second-order valence-corrected chi connectivity index (χ2v) is 5.61. The molecule has 2 aromatic carbocycles. The second kappa shape index (κ2) is 5.21. The topological polar surface area (TPSA) is 9.23 Å². The van der Waals surface area contributed by atoms with Gasteiger partial charge < -0.3 is 4.74 Å². The third-order valence-corrected chi connectivity index (χ3v) is 4.13. The standard InChI is InChI=1S/C17H13IO/c1-19-17-11-14-8-6-12-2-4-13(5-3-12)7-9-15(17)10-16(14)18/h2-11H,1H3. The van der Waals surface area contributed by atoms with Crippen LogP contribution in [0.25, 0.3) is 24.3 Å². The summed E-state index contributed by atoms with van der Waals surface area (Å²) in [6.45, 7) is 0. The van der Waals surface area contributed by atoms with Crippen molar-refractivity contribution >= 4 is 46.9 Å². The van der Waals surface area contributed by atoms with Gasteiger partial charge in [0.25, 0.3) is 0 Å². The van der Waals surface area contributed by atoms with Gasteiger partial charge in [-0.2, -0.15) is 0 Å². The van der Waals surface area contributed by atoms with E-state index >= 15 is 0 Å². The first-order chi connectivity index (χ1) is 9.26. The van der Waals surface area contributed by atoms with Crippen LogP contribution in [-0.4, -0.2) is 7.11 Å². The van der Waals surface area contributed by atoms with E-state index in [-0.39, 0.29) is 0 Å². The largest absolute Gasteiger partial charge is 0.496 e. The number of halogens is 1. The summed E-state index contributed by atoms with van der Waals surface area (Å²) in [6.07, 6.45) is 8.48. The lowest BCUT2D eigenvalue weighted by atomic mass is 10.0. The lowest BCUT2D eigenvalue weighted by Crippen LogP contribution is -1.91. The average molecular weight is 360 g/mol. The molecule has 2 aromatic rings. The fourth-order valence-corrected chi connectivity index (χ4v) is 2.78. The van der Waals surface area contributed by atoms with Gasteiger partial charge in [-0.25, -0.2) is 0 Å². The van der Waals surface area contributed by atoms with Gasteiger partial charge in [0.1, 0.15) is 5.75 Å². The minimum Gasteiger partial charge on any atom is -0.496 e. The number of hydrogen-bond acceptors (Lipinski definition) is 1. The first kappa shape index (κ1) is 12.5. The molecule has 1 nitrogen and oxygen atoms in total. The number of methoxy groups -OCH3 is 1. The van der Waals surface area contributed by atoms with Crippen molar-refractivity contribution < 1.29 is 4.74 Å². The Kier molecular flexibility index (Phi) is 3.42. The molecule has 94 valence electrons. The number of benzene rings is 2. The molecule has 0 atom stereocenters. The minimum absolute atomic E-state index is 0.909. The molecule has 0 radical (unpaired) electrons. The molecular formula is C17H13IO. The van der Waals surface area contributed by atoms with E-state index in [9.17, 15) is 0 Å². The molecule has 0 aliphatic heterocycles. The SMILES string of the molecule is COc1cc2c(I)cc1C=Cc1ccc(cc1)C=C2. The molecule has 0 heterocycles. The van der Waals surface area contributed by atoms with Crippen LogP contribution in [0.2, 0.25) is 0 Å². The zero-order chi connectivity index (χ0) is 13.2. The Morgan fingerprint density at radius 2 is 1.37 bits per heavy atom. The molecular weight excluding hydrogens is 347 g/mol. The van der Waals surface area contributed by atoms with Gasteiger partial charge in [-0.05, 0) is 51.4 Å². The van der Waals surface area contributed by atoms with Crippen LogP contribution in [0.4, 0.5) is 0 Å². The molecule has 0 saturated heterocycles. The number of rotatable bonds is 1. The van der Waals surface area contributed by atoms with Gasteiger partial charge >= 0.3 is 0 Å². The van der Waals surface area contributed by atoms with E-state index in [1.807, 2.05) is 0 Å². The molecule has 4 aliphatic rings. The molecule has 0 unspecified atom stereocenters. The smallest absolute Gasteiger partial charge is 0.126 e. The van der Waals surface area contributed by atoms with Crippen molar-refractivity contribution in [1.82, 2.24) is 0 Å². The van der Waals surface area contributed by atoms with E-state index in [1.54, 1.807) is 7.11 Å². The lowest BCUT2D eigenvalue weighted by molar-refractivity contribution is 0.413. The van der Waals surface area contributed by atoms with Gasteiger partial charge in [0, 0.05) is 9.13 Å². The normalized spacial score (nSPS) is 12.3. The van der Waals surface area contributed by atoms with Gasteiger partial charge in [0.2, 0.25) is 0 Å². The summed E-state index contributed by atoms with van der Waals surface area (Å²) < 4.78 is 6.70. The van der Waals surface area contributed by atoms with Crippen molar-refractivity contribution in [2.24, 2.45) is 0 Å². The third-order valence-electron chi connectivity index (χ3n) is 3.20. The summed E-state index contributed by atoms with van der Waals surface area (Å²) in [4.78, 5) is 0. The maximum Gasteiger partial charge on any atom is 0.126 e. The van der Waals surface area contributed by atoms with Crippen molar-refractivity contribution in [2.75, 3.05) is 7.11 Å². The molecule has 4 aliphatic carbocycles. The highest BCUT2D eigenvalue weighted by Crippen LogP contribution is 2.28. The summed E-state index contributed by atoms with van der Waals surface area (Å²) in [6, 6.07) is 12.8. The van der Waals surface area contributed by atoms with Crippen molar-refractivity contribution in [3.63, 3.8) is 0 Å². The molecule has 0 aromatic heterocycles. The molecule has 0 amide bonds. The van der Waals surface area contributed by atoms with Crippen LogP contribution in [0.1, 0.15) is 22.3 Å². The maximum atomic E-state index is 5.48. The van der Waals surface area contributed by atoms with Crippen molar-refractivity contribution in [2.45, 2.75) is 0 Å². The van der Waals surface area contributed by atoms with Gasteiger partial charge in [-0.3, -0.25) is 0 Å². The van der Waals surface area contributed by atoms with Gasteiger partial charge in [-0.15, -0.1) is 0 Å². The Morgan fingerprint density at radius 1 is 0.789 bits per heavy atom. The Hall–Kier alpha value is -1.55. The third kappa shape index (κ3) is 2.59. The van der Waals surface area contributed by atoms with Crippen molar-refractivity contribution in [1.29, 1.82) is 0 Å². The number of hydrogen-bond donors (Lipinski definition) is 0. The number of ether oxygens (including phenoxy) is 1. The summed E-state index contributed by atoms with van der Waals surface area (Å²) >= 11 is 2.37. The minimum atomic E-state index is 0.909. The molecule has 0 N–H and O–H groups in total. The van der Waals surface area contributed by atoms with Crippen LogP contribution in [0.3, 0.4) is 0 Å². The highest BCUT2D eigenvalue weighted by atomic mass is 127. The van der Waals surface area contributed by atoms with E-state index in [1.165, 1.54) is 20.3 Å². The predicted molar refractivity (Wildman–Crippen MR) is 90.0 cm³/mol. The van der Waals surface area contributed by atoms with Crippen LogP contribution in [-0.2, 0) is 0 Å². The molecule has 2 heteroatoms. The monoisotopic (exact) mass is 360 g/mol. The molecule has 19 heavy (non-hydrogen) atoms. The van der Waals surface area contributed by atoms with Crippen LogP contribution in [0, 0.1) is 3.57 Å². The first-order valence-electron chi connectivity index (χ1n) is 6.10. The Morgan fingerprint density at radius 3 is 1.95 bits per heavy atom. The lowest BCUT2D eigenvalue weighted by Gasteiger charge is -2.09. The fraction of sp³-hybridized carbons (Fsp3) is 0.0588. The molecule has 0 saturated carbocycles. The maximum absolute atomic E-state index is 5.48. The summed E-state index contributed by atoms with van der Waals surface area (Å²) in [7, 11) is 1.72. The Labute approximate surface area is 126 Å². The summed E-state index contributed by atoms with van der Waals surface area (Å²) in [5.74, 6) is 0.909. The summed E-state index contributed by atoms with van der Waals surface area (Å²) in [5.41, 5.74) is 4.68. The Bertz CT molecular complexity index is 666. The molecule has 0 fully saturated rings. The molecule has 4 bridgehead atoms. The van der Waals surface area contributed by atoms with E-state index in [0.29, 0.717) is 0 Å². The molecule has 0 spiro atoms. The van der Waals surface area contributed by atoms with Crippen LogP contribution in [0.15, 0.2) is 36.4 Å². The van der Waals surface area contributed by atoms with Gasteiger partial charge in [0.15, 0.2) is 0 Å². The van der Waals surface area contributed by atoms with Gasteiger partial charge in [0.05, 0.1) is 7.11 Å². The Balaban J connectivity index is 2.24. The summed E-state index contributed by atoms with van der Waals surface area (Å²) in [5, 5.41) is 0. The van der Waals surface area contributed by atoms with Crippen molar-refractivity contribution in [3.05, 3.63) is 62.2 Å². The van der Waals surface area contributed by atoms with E-state index < -0.39 is 0 Å². The fourth-order valence-electron chi connectivity index (χ4n) is 2.11. The van der Waals surface area contributed by atoms with Crippen LogP contribution < -0.4 is 4.74 Å². The zero-order valence-electron chi connectivity index (χ0n) is 10.6. The average Bonchev–Trinajstić information content (AvgIpc) is 2.43. The second-order valence-electron chi connectivity index (χ2n) is 4.45. The highest BCUT2D eigenvalue weighted by molar-refractivity contribution is 14.1. The van der Waals surface area contributed by atoms with E-state index in [4.69, 9.17) is 4.74 Å². The van der Waals surface area contributed by atoms with Gasteiger partial charge in [-0.1, -0.05) is 48.6 Å². The first-order valence-corrected chi connectivity index (χ1v) is 7.18.